The molecule has 0 saturated carbocycles. The predicted octanol–water partition coefficient (Wildman–Crippen LogP) is 2.65. The number of rotatable bonds is 2. The number of hydrogen-bond donors (Lipinski definition) is 1. The van der Waals surface area contributed by atoms with E-state index in [1.807, 2.05) is 0 Å². The molecule has 0 bridgehead atoms. The average Bonchev–Trinajstić information content (AvgIpc) is 2.82. The smallest absolute Gasteiger partial charge is 0.416 e. The Labute approximate surface area is 99.4 Å². The lowest BCUT2D eigenvalue weighted by Crippen LogP contribution is -2.09. The first-order chi connectivity index (χ1) is 8.47. The number of alkyl halides is 3. The summed E-state index contributed by atoms with van der Waals surface area (Å²) in [4.78, 5) is 11.4. The van der Waals surface area contributed by atoms with Crippen molar-refractivity contribution in [3.8, 4) is 5.75 Å². The monoisotopic (exact) mass is 256 g/mol. The maximum Gasteiger partial charge on any atom is 0.416 e. The molecule has 4 nitrogen and oxygen atoms in total. The summed E-state index contributed by atoms with van der Waals surface area (Å²) in [5.41, 5.74) is -0.682. The molecular weight excluding hydrogens is 249 g/mol. The van der Waals surface area contributed by atoms with Crippen LogP contribution >= 0.6 is 0 Å². The molecule has 0 aliphatic heterocycles. The van der Waals surface area contributed by atoms with Crippen LogP contribution in [0.2, 0.25) is 0 Å². The summed E-state index contributed by atoms with van der Waals surface area (Å²) in [6.45, 7) is 0. The molecule has 0 fully saturated rings. The van der Waals surface area contributed by atoms with Crippen LogP contribution in [-0.2, 0) is 6.18 Å². The molecule has 18 heavy (non-hydrogen) atoms. The first-order valence-electron chi connectivity index (χ1n) is 4.85. The van der Waals surface area contributed by atoms with Crippen molar-refractivity contribution in [2.75, 3.05) is 0 Å². The molecule has 0 saturated heterocycles. The molecule has 1 aromatic heterocycles. The lowest BCUT2D eigenvalue weighted by Gasteiger charge is -2.07. The highest BCUT2D eigenvalue weighted by Crippen LogP contribution is 2.30. The molecule has 0 radical (unpaired) electrons. The third-order valence-electron chi connectivity index (χ3n) is 2.11. The summed E-state index contributed by atoms with van der Waals surface area (Å²) >= 11 is 0. The van der Waals surface area contributed by atoms with Crippen LogP contribution in [0.5, 0.6) is 5.75 Å². The number of aromatic nitrogens is 2. The Morgan fingerprint density at radius 2 is 1.83 bits per heavy atom. The second-order valence-electron chi connectivity index (χ2n) is 3.38. The van der Waals surface area contributed by atoms with E-state index >= 15 is 0 Å². The first-order valence-corrected chi connectivity index (χ1v) is 4.85. The van der Waals surface area contributed by atoms with Crippen molar-refractivity contribution >= 4 is 5.97 Å². The molecule has 94 valence electrons. The van der Waals surface area contributed by atoms with Gasteiger partial charge in [0.25, 0.3) is 0 Å². The minimum atomic E-state index is -4.41. The zero-order chi connectivity index (χ0) is 13.2. The van der Waals surface area contributed by atoms with Gasteiger partial charge in [-0.25, -0.2) is 4.79 Å². The van der Waals surface area contributed by atoms with E-state index in [0.29, 0.717) is 0 Å². The highest BCUT2D eigenvalue weighted by atomic mass is 19.4. The Balaban J connectivity index is 2.09. The van der Waals surface area contributed by atoms with Crippen molar-refractivity contribution < 1.29 is 22.7 Å². The van der Waals surface area contributed by atoms with Crippen molar-refractivity contribution in [2.24, 2.45) is 0 Å². The summed E-state index contributed by atoms with van der Waals surface area (Å²) < 4.78 is 41.7. The van der Waals surface area contributed by atoms with Crippen molar-refractivity contribution in [2.45, 2.75) is 6.18 Å². The third-order valence-corrected chi connectivity index (χ3v) is 2.11. The van der Waals surface area contributed by atoms with E-state index in [2.05, 4.69) is 10.2 Å². The second kappa shape index (κ2) is 4.52. The van der Waals surface area contributed by atoms with Crippen molar-refractivity contribution in [3.05, 3.63) is 47.8 Å². The third kappa shape index (κ3) is 2.68. The van der Waals surface area contributed by atoms with Gasteiger partial charge in [0, 0.05) is 6.20 Å². The van der Waals surface area contributed by atoms with Gasteiger partial charge in [0.1, 0.15) is 11.4 Å². The van der Waals surface area contributed by atoms with E-state index in [1.54, 1.807) is 0 Å². The maximum absolute atomic E-state index is 12.3. The number of esters is 1. The molecular formula is C11H7F3N2O2. The molecule has 0 unspecified atom stereocenters. The van der Waals surface area contributed by atoms with Gasteiger partial charge in [-0.05, 0) is 30.3 Å². The zero-order valence-corrected chi connectivity index (χ0v) is 8.86. The van der Waals surface area contributed by atoms with Crippen LogP contribution in [0.25, 0.3) is 0 Å². The number of hydrogen-bond acceptors (Lipinski definition) is 3. The number of nitrogens with one attached hydrogen (secondary N) is 1. The quantitative estimate of drug-likeness (QED) is 0.663. The molecule has 7 heteroatoms. The van der Waals surface area contributed by atoms with Crippen LogP contribution < -0.4 is 4.74 Å². The SMILES string of the molecule is O=C(Oc1ccc(C(F)(F)F)cc1)c1ccn[nH]1. The molecule has 0 aliphatic carbocycles. The van der Waals surface area contributed by atoms with Gasteiger partial charge in [0.05, 0.1) is 5.56 Å². The van der Waals surface area contributed by atoms with Crippen molar-refractivity contribution in [1.82, 2.24) is 10.2 Å². The van der Waals surface area contributed by atoms with E-state index in [4.69, 9.17) is 4.74 Å². The normalized spacial score (nSPS) is 11.3. The van der Waals surface area contributed by atoms with Crippen LogP contribution in [0.15, 0.2) is 36.5 Å². The fraction of sp³-hybridized carbons (Fsp3) is 0.0909. The molecule has 0 atom stereocenters. The zero-order valence-electron chi connectivity index (χ0n) is 8.86. The van der Waals surface area contributed by atoms with E-state index in [1.165, 1.54) is 12.3 Å². The van der Waals surface area contributed by atoms with Crippen LogP contribution in [-0.4, -0.2) is 16.2 Å². The lowest BCUT2D eigenvalue weighted by molar-refractivity contribution is -0.137. The number of H-pyrrole nitrogens is 1. The molecule has 0 amide bonds. The Bertz CT molecular complexity index is 532. The molecule has 2 aromatic rings. The average molecular weight is 256 g/mol. The highest BCUT2D eigenvalue weighted by Gasteiger charge is 2.30. The van der Waals surface area contributed by atoms with Gasteiger partial charge in [-0.2, -0.15) is 18.3 Å². The number of benzene rings is 1. The van der Waals surface area contributed by atoms with Crippen LogP contribution in [0.3, 0.4) is 0 Å². The summed E-state index contributed by atoms with van der Waals surface area (Å²) in [5, 5.41) is 5.94. The number of ether oxygens (including phenoxy) is 1. The fourth-order valence-corrected chi connectivity index (χ4v) is 1.24. The van der Waals surface area contributed by atoms with E-state index in [-0.39, 0.29) is 11.4 Å². The molecule has 1 N–H and O–H groups in total. The number of halogens is 3. The Morgan fingerprint density at radius 3 is 2.33 bits per heavy atom. The van der Waals surface area contributed by atoms with Gasteiger partial charge >= 0.3 is 12.1 Å². The highest BCUT2D eigenvalue weighted by molar-refractivity contribution is 5.88. The van der Waals surface area contributed by atoms with Crippen LogP contribution in [0.1, 0.15) is 16.1 Å². The lowest BCUT2D eigenvalue weighted by atomic mass is 10.2. The molecule has 1 aromatic carbocycles. The van der Waals surface area contributed by atoms with Crippen LogP contribution in [0, 0.1) is 0 Å². The maximum atomic E-state index is 12.3. The summed E-state index contributed by atoms with van der Waals surface area (Å²) in [6, 6.07) is 5.24. The minimum Gasteiger partial charge on any atom is -0.422 e. The second-order valence-corrected chi connectivity index (χ2v) is 3.38. The van der Waals surface area contributed by atoms with Gasteiger partial charge in [0.15, 0.2) is 0 Å². The van der Waals surface area contributed by atoms with E-state index in [9.17, 15) is 18.0 Å². The topological polar surface area (TPSA) is 55.0 Å². The van der Waals surface area contributed by atoms with E-state index in [0.717, 1.165) is 24.3 Å². The molecule has 0 aliphatic rings. The number of nitrogens with zero attached hydrogens (tertiary/aromatic N) is 1. The molecule has 1 heterocycles. The minimum absolute atomic E-state index is 0.0302. The largest absolute Gasteiger partial charge is 0.422 e. The number of carbonyl (C=O) groups excluding carboxylic acids is 1. The summed E-state index contributed by atoms with van der Waals surface area (Å²) in [6.07, 6.45) is -3.05. The van der Waals surface area contributed by atoms with Gasteiger partial charge in [-0.3, -0.25) is 5.10 Å². The Morgan fingerprint density at radius 1 is 1.17 bits per heavy atom. The Kier molecular flexibility index (Phi) is 3.05. The number of carbonyl (C=O) groups is 1. The summed E-state index contributed by atoms with van der Waals surface area (Å²) in [5.74, 6) is -0.685. The van der Waals surface area contributed by atoms with Gasteiger partial charge in [-0.15, -0.1) is 0 Å². The molecule has 0 spiro atoms. The summed E-state index contributed by atoms with van der Waals surface area (Å²) in [7, 11) is 0. The van der Waals surface area contributed by atoms with Gasteiger partial charge < -0.3 is 4.74 Å². The van der Waals surface area contributed by atoms with E-state index < -0.39 is 17.7 Å². The van der Waals surface area contributed by atoms with Crippen molar-refractivity contribution in [3.63, 3.8) is 0 Å². The number of aromatic amines is 1. The van der Waals surface area contributed by atoms with Gasteiger partial charge in [0.2, 0.25) is 0 Å². The molecule has 2 rings (SSSR count). The Hall–Kier alpha value is -2.31. The first kappa shape index (κ1) is 12.2. The standard InChI is InChI=1S/C11H7F3N2O2/c12-11(13,14)7-1-3-8(4-2-7)18-10(17)9-5-6-15-16-9/h1-6H,(H,15,16). The predicted molar refractivity (Wildman–Crippen MR) is 55.0 cm³/mol. The van der Waals surface area contributed by atoms with Crippen molar-refractivity contribution in [1.29, 1.82) is 0 Å². The van der Waals surface area contributed by atoms with Gasteiger partial charge in [-0.1, -0.05) is 0 Å². The van der Waals surface area contributed by atoms with Crippen LogP contribution in [0.4, 0.5) is 13.2 Å². The fourth-order valence-electron chi connectivity index (χ4n) is 1.24.